The highest BCUT2D eigenvalue weighted by molar-refractivity contribution is 6.07. The largest absolute Gasteiger partial charge is 0.496 e. The predicted octanol–water partition coefficient (Wildman–Crippen LogP) is 4.73. The highest BCUT2D eigenvalue weighted by Gasteiger charge is 2.21. The molecule has 2 aromatic rings. The Kier molecular flexibility index (Phi) is 7.57. The molecule has 3 rings (SSSR count). The maximum atomic E-state index is 13.1. The molecular formula is C24H32N2O4. The number of benzene rings is 2. The van der Waals surface area contributed by atoms with Gasteiger partial charge in [-0.1, -0.05) is 37.5 Å². The third kappa shape index (κ3) is 5.05. The van der Waals surface area contributed by atoms with Crippen molar-refractivity contribution in [3.8, 4) is 17.2 Å². The van der Waals surface area contributed by atoms with Gasteiger partial charge in [0.05, 0.1) is 26.9 Å². The number of hydrogen-bond donors (Lipinski definition) is 1. The average Bonchev–Trinajstić information content (AvgIpc) is 2.79. The minimum atomic E-state index is -0.249. The van der Waals surface area contributed by atoms with Gasteiger partial charge in [0.2, 0.25) is 0 Å². The van der Waals surface area contributed by atoms with Crippen LogP contribution < -0.4 is 19.5 Å². The van der Waals surface area contributed by atoms with Crippen LogP contribution in [0.4, 0.5) is 5.69 Å². The van der Waals surface area contributed by atoms with E-state index in [1.54, 1.807) is 26.4 Å². The Bertz CT molecular complexity index is 862. The fraction of sp³-hybridized carbons (Fsp3) is 0.458. The van der Waals surface area contributed by atoms with Crippen LogP contribution in [0.15, 0.2) is 36.4 Å². The lowest BCUT2D eigenvalue weighted by Gasteiger charge is -2.31. The SMILES string of the molecule is COc1cc(OC)c(C(=O)Nc2ccccc2CN(C)C2CCCCC2)cc1OC. The highest BCUT2D eigenvalue weighted by Crippen LogP contribution is 2.35. The van der Waals surface area contributed by atoms with E-state index in [-0.39, 0.29) is 5.91 Å². The van der Waals surface area contributed by atoms with Crippen molar-refractivity contribution in [2.75, 3.05) is 33.7 Å². The summed E-state index contributed by atoms with van der Waals surface area (Å²) in [5, 5.41) is 3.06. The van der Waals surface area contributed by atoms with E-state index in [2.05, 4.69) is 23.3 Å². The van der Waals surface area contributed by atoms with Crippen LogP contribution in [0.5, 0.6) is 17.2 Å². The number of carbonyl (C=O) groups excluding carboxylic acids is 1. The molecule has 1 N–H and O–H groups in total. The smallest absolute Gasteiger partial charge is 0.259 e. The average molecular weight is 413 g/mol. The number of carbonyl (C=O) groups is 1. The second-order valence-corrected chi connectivity index (χ2v) is 7.73. The second-order valence-electron chi connectivity index (χ2n) is 7.73. The van der Waals surface area contributed by atoms with E-state index in [4.69, 9.17) is 14.2 Å². The van der Waals surface area contributed by atoms with Gasteiger partial charge in [0.1, 0.15) is 5.75 Å². The zero-order chi connectivity index (χ0) is 21.5. The van der Waals surface area contributed by atoms with E-state index in [1.165, 1.54) is 39.2 Å². The normalized spacial score (nSPS) is 14.4. The van der Waals surface area contributed by atoms with Crippen LogP contribution in [0.1, 0.15) is 48.0 Å². The Morgan fingerprint density at radius 2 is 1.60 bits per heavy atom. The van der Waals surface area contributed by atoms with E-state index < -0.39 is 0 Å². The maximum absolute atomic E-state index is 13.1. The summed E-state index contributed by atoms with van der Waals surface area (Å²) in [6.07, 6.45) is 6.42. The third-order valence-corrected chi connectivity index (χ3v) is 5.83. The predicted molar refractivity (Wildman–Crippen MR) is 119 cm³/mol. The molecule has 1 aliphatic rings. The summed E-state index contributed by atoms with van der Waals surface area (Å²) in [5.41, 5.74) is 2.30. The molecule has 0 bridgehead atoms. The zero-order valence-electron chi connectivity index (χ0n) is 18.4. The molecule has 1 fully saturated rings. The number of hydrogen-bond acceptors (Lipinski definition) is 5. The van der Waals surface area contributed by atoms with Gasteiger partial charge in [-0.25, -0.2) is 0 Å². The number of nitrogens with one attached hydrogen (secondary N) is 1. The van der Waals surface area contributed by atoms with Gasteiger partial charge in [-0.05, 0) is 31.5 Å². The van der Waals surface area contributed by atoms with Crippen LogP contribution in [0.25, 0.3) is 0 Å². The fourth-order valence-electron chi connectivity index (χ4n) is 4.10. The summed E-state index contributed by atoms with van der Waals surface area (Å²) in [5.74, 6) is 1.18. The second kappa shape index (κ2) is 10.3. The van der Waals surface area contributed by atoms with Gasteiger partial charge in [-0.2, -0.15) is 0 Å². The summed E-state index contributed by atoms with van der Waals surface area (Å²) in [4.78, 5) is 15.5. The molecule has 1 aliphatic carbocycles. The number of anilines is 1. The lowest BCUT2D eigenvalue weighted by Crippen LogP contribution is -2.33. The minimum absolute atomic E-state index is 0.249. The van der Waals surface area contributed by atoms with Gasteiger partial charge < -0.3 is 19.5 Å². The molecule has 0 unspecified atom stereocenters. The summed E-state index contributed by atoms with van der Waals surface area (Å²) >= 11 is 0. The number of methoxy groups -OCH3 is 3. The monoisotopic (exact) mass is 412 g/mol. The van der Waals surface area contributed by atoms with Gasteiger partial charge in [0.25, 0.3) is 5.91 Å². The Labute approximate surface area is 179 Å². The van der Waals surface area contributed by atoms with Crippen molar-refractivity contribution in [2.45, 2.75) is 44.7 Å². The van der Waals surface area contributed by atoms with Crippen molar-refractivity contribution >= 4 is 11.6 Å². The van der Waals surface area contributed by atoms with Crippen LogP contribution in [0, 0.1) is 0 Å². The first-order valence-corrected chi connectivity index (χ1v) is 10.5. The Balaban J connectivity index is 1.80. The lowest BCUT2D eigenvalue weighted by molar-refractivity contribution is 0.102. The summed E-state index contributed by atoms with van der Waals surface area (Å²) in [6, 6.07) is 11.9. The van der Waals surface area contributed by atoms with E-state index in [0.29, 0.717) is 28.9 Å². The quantitative estimate of drug-likeness (QED) is 0.679. The number of para-hydroxylation sites is 1. The third-order valence-electron chi connectivity index (χ3n) is 5.83. The number of nitrogens with zero attached hydrogens (tertiary/aromatic N) is 1. The highest BCUT2D eigenvalue weighted by atomic mass is 16.5. The van der Waals surface area contributed by atoms with Gasteiger partial charge in [0.15, 0.2) is 11.5 Å². The topological polar surface area (TPSA) is 60.0 Å². The van der Waals surface area contributed by atoms with Crippen molar-refractivity contribution in [1.82, 2.24) is 4.90 Å². The van der Waals surface area contributed by atoms with Crippen molar-refractivity contribution < 1.29 is 19.0 Å². The molecule has 30 heavy (non-hydrogen) atoms. The van der Waals surface area contributed by atoms with E-state index in [0.717, 1.165) is 17.8 Å². The molecule has 0 saturated heterocycles. The number of rotatable bonds is 8. The van der Waals surface area contributed by atoms with Gasteiger partial charge in [-0.3, -0.25) is 9.69 Å². The summed E-state index contributed by atoms with van der Waals surface area (Å²) in [7, 11) is 6.80. The Morgan fingerprint density at radius 1 is 0.967 bits per heavy atom. The number of ether oxygens (including phenoxy) is 3. The Morgan fingerprint density at radius 3 is 2.27 bits per heavy atom. The molecule has 162 valence electrons. The van der Waals surface area contributed by atoms with Gasteiger partial charge in [0, 0.05) is 30.4 Å². The molecule has 0 radical (unpaired) electrons. The first kappa shape index (κ1) is 22.0. The minimum Gasteiger partial charge on any atom is -0.496 e. The molecule has 0 atom stereocenters. The molecule has 6 nitrogen and oxygen atoms in total. The van der Waals surface area contributed by atoms with E-state index in [9.17, 15) is 4.79 Å². The molecular weight excluding hydrogens is 380 g/mol. The molecule has 0 aromatic heterocycles. The molecule has 1 saturated carbocycles. The van der Waals surface area contributed by atoms with Crippen molar-refractivity contribution in [1.29, 1.82) is 0 Å². The standard InChI is InChI=1S/C24H32N2O4/c1-26(18-11-6-5-7-12-18)16-17-10-8-9-13-20(17)25-24(27)19-14-22(29-3)23(30-4)15-21(19)28-2/h8-10,13-15,18H,5-7,11-12,16H2,1-4H3,(H,25,27). The molecule has 0 aliphatic heterocycles. The summed E-state index contributed by atoms with van der Waals surface area (Å²) < 4.78 is 16.1. The van der Waals surface area contributed by atoms with Crippen molar-refractivity contribution in [3.63, 3.8) is 0 Å². The number of amides is 1. The van der Waals surface area contributed by atoms with Crippen LogP contribution in [0.3, 0.4) is 0 Å². The van der Waals surface area contributed by atoms with Crippen molar-refractivity contribution in [2.24, 2.45) is 0 Å². The van der Waals surface area contributed by atoms with Gasteiger partial charge in [-0.15, -0.1) is 0 Å². The zero-order valence-corrected chi connectivity index (χ0v) is 18.4. The molecule has 0 spiro atoms. The molecule has 6 heteroatoms. The van der Waals surface area contributed by atoms with E-state index in [1.807, 2.05) is 18.2 Å². The van der Waals surface area contributed by atoms with Crippen LogP contribution in [0.2, 0.25) is 0 Å². The van der Waals surface area contributed by atoms with Gasteiger partial charge >= 0.3 is 0 Å². The van der Waals surface area contributed by atoms with E-state index >= 15 is 0 Å². The van der Waals surface area contributed by atoms with Crippen LogP contribution >= 0.6 is 0 Å². The van der Waals surface area contributed by atoms with Crippen LogP contribution in [-0.2, 0) is 6.54 Å². The first-order valence-electron chi connectivity index (χ1n) is 10.5. The first-order chi connectivity index (χ1) is 14.6. The fourth-order valence-corrected chi connectivity index (χ4v) is 4.10. The molecule has 0 heterocycles. The molecule has 2 aromatic carbocycles. The van der Waals surface area contributed by atoms with Crippen LogP contribution in [-0.4, -0.2) is 45.2 Å². The van der Waals surface area contributed by atoms with Crippen molar-refractivity contribution in [3.05, 3.63) is 47.5 Å². The molecule has 1 amide bonds. The lowest BCUT2D eigenvalue weighted by atomic mass is 9.94. The maximum Gasteiger partial charge on any atom is 0.259 e. The Hall–Kier alpha value is -2.73. The summed E-state index contributed by atoms with van der Waals surface area (Å²) in [6.45, 7) is 0.796.